The van der Waals surface area contributed by atoms with Crippen molar-refractivity contribution in [1.29, 1.82) is 0 Å². The summed E-state index contributed by atoms with van der Waals surface area (Å²) < 4.78 is 21.3. The van der Waals surface area contributed by atoms with Gasteiger partial charge in [0.15, 0.2) is 0 Å². The summed E-state index contributed by atoms with van der Waals surface area (Å²) >= 11 is 0. The van der Waals surface area contributed by atoms with E-state index in [4.69, 9.17) is 13.9 Å². The summed E-state index contributed by atoms with van der Waals surface area (Å²) in [5.41, 5.74) is 5.73. The van der Waals surface area contributed by atoms with Crippen LogP contribution in [0.1, 0.15) is 158 Å². The van der Waals surface area contributed by atoms with E-state index in [0.29, 0.717) is 44.1 Å². The molecule has 78 heavy (non-hydrogen) atoms. The number of benzene rings is 3. The second kappa shape index (κ2) is 21.1. The third-order valence-corrected chi connectivity index (χ3v) is 21.8. The van der Waals surface area contributed by atoms with Gasteiger partial charge < -0.3 is 41.0 Å². The Hall–Kier alpha value is -5.16. The van der Waals surface area contributed by atoms with E-state index < -0.39 is 23.0 Å². The normalized spacial score (nSPS) is 30.8. The first-order valence-electron chi connectivity index (χ1n) is 29.6. The average molecular weight is 1090 g/mol. The monoisotopic (exact) mass is 1080 g/mol. The van der Waals surface area contributed by atoms with E-state index in [9.17, 15) is 9.59 Å². The van der Waals surface area contributed by atoms with Crippen LogP contribution in [0.5, 0.6) is 0 Å². The van der Waals surface area contributed by atoms with Crippen LogP contribution < -0.4 is 27.2 Å². The lowest BCUT2D eigenvalue weighted by Gasteiger charge is -2.71. The van der Waals surface area contributed by atoms with Gasteiger partial charge in [-0.15, -0.1) is 0 Å². The van der Waals surface area contributed by atoms with Crippen molar-refractivity contribution in [3.63, 3.8) is 0 Å². The van der Waals surface area contributed by atoms with Crippen molar-refractivity contribution in [3.8, 4) is 22.5 Å². The molecule has 0 aromatic heterocycles. The zero-order chi connectivity index (χ0) is 55.2. The van der Waals surface area contributed by atoms with Gasteiger partial charge >= 0.3 is 11.9 Å². The van der Waals surface area contributed by atoms with Crippen LogP contribution in [-0.4, -0.2) is 98.1 Å². The lowest BCUT2D eigenvalue weighted by atomic mass is 9.33. The molecule has 6 aliphatic carbocycles. The molecule has 11 nitrogen and oxygen atoms in total. The Morgan fingerprint density at radius 3 is 2.06 bits per heavy atom. The number of anilines is 1. The third kappa shape index (κ3) is 9.20. The van der Waals surface area contributed by atoms with Crippen LogP contribution in [0.4, 0.5) is 5.69 Å². The molecule has 8 aliphatic rings. The van der Waals surface area contributed by atoms with Gasteiger partial charge in [-0.2, -0.15) is 0 Å². The molecule has 2 aromatic rings. The maximum atomic E-state index is 15.8. The molecule has 422 valence electrons. The van der Waals surface area contributed by atoms with Gasteiger partial charge in [-0.05, 0) is 155 Å². The third-order valence-electron chi connectivity index (χ3n) is 21.8. The summed E-state index contributed by atoms with van der Waals surface area (Å²) in [6, 6.07) is 21.0. The van der Waals surface area contributed by atoms with Gasteiger partial charge in [0.1, 0.15) is 36.6 Å². The summed E-state index contributed by atoms with van der Waals surface area (Å²) in [5.74, 6) is 1.09. The Kier molecular flexibility index (Phi) is 15.5. The Morgan fingerprint density at radius 1 is 0.731 bits per heavy atom. The number of piperazine rings is 1. The fraction of sp³-hybridized carbons (Fsp3) is 0.621. The van der Waals surface area contributed by atoms with Crippen molar-refractivity contribution in [2.45, 2.75) is 160 Å². The molecule has 4 saturated carbocycles. The van der Waals surface area contributed by atoms with E-state index in [2.05, 4.69) is 139 Å². The van der Waals surface area contributed by atoms with Crippen molar-refractivity contribution in [1.82, 2.24) is 14.4 Å². The number of nitrogens with zero attached hydrogens (tertiary/aromatic N) is 4. The van der Waals surface area contributed by atoms with Crippen LogP contribution in [0.15, 0.2) is 76.7 Å². The predicted octanol–water partition coefficient (Wildman–Crippen LogP) is 9.43. The van der Waals surface area contributed by atoms with E-state index >= 15 is 9.59 Å². The Labute approximate surface area is 471 Å². The lowest BCUT2D eigenvalue weighted by Crippen LogP contribution is -3.00. The first kappa shape index (κ1) is 57.5. The molecule has 5 fully saturated rings. The van der Waals surface area contributed by atoms with Gasteiger partial charge in [-0.3, -0.25) is 19.2 Å². The molecule has 1 saturated heterocycles. The Morgan fingerprint density at radius 2 is 1.40 bits per heavy atom. The number of rotatable bonds is 10. The largest absolute Gasteiger partial charge is 1.00 e. The minimum atomic E-state index is -0.520. The van der Waals surface area contributed by atoms with Crippen molar-refractivity contribution in [2.75, 3.05) is 57.3 Å². The van der Waals surface area contributed by atoms with Crippen molar-refractivity contribution >= 4 is 40.4 Å². The number of halogens is 1. The number of hydrogen-bond donors (Lipinski definition) is 0. The molecular formula is C66H89ClN4O7. The Bertz CT molecular complexity index is 3050. The molecule has 2 aromatic carbocycles. The molecule has 12 heteroatoms. The minimum Gasteiger partial charge on any atom is -1.00 e. The standard InChI is InChI=1S/C66H89N4O7.ClH/c1-14-67(15-2)44-22-24-48-52(38-44)77-53-39-45(68(16-3)17-4)23-25-49(53)57(48)46-20-18-19-21-47(46)59(73)69-34-36-70(37-35-69)60(74)66-32-30-61(7,8)40-51(66)50-26-27-56-63(11)41-54(75-42(5)71)58(76-43(6)72)62(9,10)55(63)28-29-65(56,13)64(50,12)31-33-66;/h18-26,38-39,51,54-56,58H,14-17,27-37,40-41H2,1-13H3;1H/q+1;/p-1/t51-,54+,55-,56+,58-,63-,64+,65+,66-;/m0./s1. The van der Waals surface area contributed by atoms with Crippen LogP contribution >= 0.6 is 0 Å². The minimum absolute atomic E-state index is 0. The molecule has 0 bridgehead atoms. The van der Waals surface area contributed by atoms with Crippen molar-refractivity contribution in [2.24, 2.45) is 50.2 Å². The summed E-state index contributed by atoms with van der Waals surface area (Å²) in [6.45, 7) is 33.9. The van der Waals surface area contributed by atoms with E-state index in [1.807, 2.05) is 23.1 Å². The Balaban J connectivity index is 0.00000740. The molecule has 0 unspecified atom stereocenters. The second-order valence-electron chi connectivity index (χ2n) is 26.4. The van der Waals surface area contributed by atoms with Gasteiger partial charge in [0, 0.05) is 98.4 Å². The lowest BCUT2D eigenvalue weighted by molar-refractivity contribution is -0.244. The van der Waals surface area contributed by atoms with Gasteiger partial charge in [0.05, 0.1) is 11.5 Å². The predicted molar refractivity (Wildman–Crippen MR) is 306 cm³/mol. The van der Waals surface area contributed by atoms with E-state index in [-0.39, 0.29) is 69.7 Å². The number of carbonyl (C=O) groups excluding carboxylic acids is 4. The summed E-state index contributed by atoms with van der Waals surface area (Å²) in [5, 5.41) is 2.07. The summed E-state index contributed by atoms with van der Waals surface area (Å²) in [7, 11) is 0. The summed E-state index contributed by atoms with van der Waals surface area (Å²) in [4.78, 5) is 62.5. The number of ether oxygens (including phenoxy) is 2. The number of fused-ring (bicyclic) bond motifs is 9. The number of amides is 2. The topological polar surface area (TPSA) is 113 Å². The number of allylic oxidation sites excluding steroid dienone is 2. The van der Waals surface area contributed by atoms with Crippen LogP contribution in [0.3, 0.4) is 0 Å². The number of carbonyl (C=O) groups is 4. The van der Waals surface area contributed by atoms with Crippen LogP contribution in [0.2, 0.25) is 0 Å². The molecule has 2 aliphatic heterocycles. The zero-order valence-corrected chi connectivity index (χ0v) is 50.0. The van der Waals surface area contributed by atoms with Gasteiger partial charge in [-0.25, -0.2) is 4.58 Å². The van der Waals surface area contributed by atoms with Crippen LogP contribution in [0, 0.1) is 50.2 Å². The SMILES string of the molecule is CCN(CC)c1ccc2c(-c3ccccc3C(=O)N3CCN(C(=O)[C@]45CCC(C)(C)C[C@H]4C4=CC[C@@H]6[C@@]7(C)C[C@@H](OC(C)=O)[C@H](OC(C)=O)C(C)(C)[C@@H]7CC[C@@]6(C)[C@]4(C)CC5)CC3)c3ccc(=[N+](CC)CC)cc-3oc2c1.[Cl-]. The van der Waals surface area contributed by atoms with Gasteiger partial charge in [0.25, 0.3) is 5.91 Å². The quantitative estimate of drug-likeness (QED) is 0.0669. The fourth-order valence-corrected chi connectivity index (χ4v) is 17.7. The van der Waals surface area contributed by atoms with E-state index in [1.54, 1.807) is 0 Å². The number of esters is 2. The van der Waals surface area contributed by atoms with Crippen molar-refractivity contribution in [3.05, 3.63) is 83.2 Å². The molecule has 0 spiro atoms. The highest BCUT2D eigenvalue weighted by Gasteiger charge is 2.71. The molecule has 0 radical (unpaired) electrons. The maximum Gasteiger partial charge on any atom is 0.303 e. The molecule has 0 N–H and O–H groups in total. The summed E-state index contributed by atoms with van der Waals surface area (Å²) in [6.07, 6.45) is 9.84. The highest BCUT2D eigenvalue weighted by Crippen LogP contribution is 2.76. The first-order valence-corrected chi connectivity index (χ1v) is 29.6. The first-order chi connectivity index (χ1) is 36.5. The van der Waals surface area contributed by atoms with Crippen LogP contribution in [0.25, 0.3) is 33.4 Å². The molecule has 2 heterocycles. The fourth-order valence-electron chi connectivity index (χ4n) is 17.7. The smallest absolute Gasteiger partial charge is 0.303 e. The van der Waals surface area contributed by atoms with Crippen molar-refractivity contribution < 1.29 is 45.5 Å². The zero-order valence-electron chi connectivity index (χ0n) is 49.3. The van der Waals surface area contributed by atoms with Crippen LogP contribution in [-0.2, 0) is 23.9 Å². The van der Waals surface area contributed by atoms with E-state index in [0.717, 1.165) is 122 Å². The van der Waals surface area contributed by atoms with Gasteiger partial charge in [0.2, 0.25) is 11.3 Å². The van der Waals surface area contributed by atoms with E-state index in [1.165, 1.54) is 19.4 Å². The molecule has 10 rings (SSSR count). The maximum absolute atomic E-state index is 15.8. The number of hydrogen-bond acceptors (Lipinski definition) is 8. The van der Waals surface area contributed by atoms with Gasteiger partial charge in [-0.1, -0.05) is 78.3 Å². The average Bonchev–Trinajstić information content (AvgIpc) is 2.67. The molecular weight excluding hydrogens is 996 g/mol. The highest BCUT2D eigenvalue weighted by molar-refractivity contribution is 6.09. The highest BCUT2D eigenvalue weighted by atomic mass is 35.5. The molecule has 2 amide bonds. The second-order valence-corrected chi connectivity index (χ2v) is 26.4. The molecule has 9 atom stereocenters.